The Bertz CT molecular complexity index is 480. The monoisotopic (exact) mass is 260 g/mol. The predicted octanol–water partition coefficient (Wildman–Crippen LogP) is 2.60. The normalized spacial score (nSPS) is 18.3. The Balaban J connectivity index is 2.50. The molecule has 0 N–H and O–H groups in total. The molecule has 0 spiro atoms. The second-order valence-electron chi connectivity index (χ2n) is 4.76. The summed E-state index contributed by atoms with van der Waals surface area (Å²) in [6.45, 7) is 6.20. The van der Waals surface area contributed by atoms with E-state index in [1.54, 1.807) is 5.01 Å². The highest BCUT2D eigenvalue weighted by atomic mass is 16.2. The van der Waals surface area contributed by atoms with Crippen LogP contribution in [0.5, 0.6) is 0 Å². The Morgan fingerprint density at radius 2 is 1.53 bits per heavy atom. The van der Waals surface area contributed by atoms with Crippen molar-refractivity contribution in [1.82, 2.24) is 5.01 Å². The van der Waals surface area contributed by atoms with E-state index >= 15 is 0 Å². The first-order chi connectivity index (χ1) is 9.12. The van der Waals surface area contributed by atoms with Gasteiger partial charge in [0.2, 0.25) is 0 Å². The molecule has 1 heterocycles. The van der Waals surface area contributed by atoms with Crippen molar-refractivity contribution >= 4 is 17.5 Å². The zero-order chi connectivity index (χ0) is 14.0. The van der Waals surface area contributed by atoms with E-state index in [1.807, 2.05) is 51.1 Å². The maximum absolute atomic E-state index is 12.7. The Morgan fingerprint density at radius 1 is 0.947 bits per heavy atom. The number of nitrogens with zero attached hydrogens (tertiary/aromatic N) is 2. The summed E-state index contributed by atoms with van der Waals surface area (Å²) in [7, 11) is 0. The van der Waals surface area contributed by atoms with Crippen LogP contribution in [0.4, 0.5) is 5.69 Å². The zero-order valence-electron chi connectivity index (χ0n) is 11.7. The Kier molecular flexibility index (Phi) is 3.60. The van der Waals surface area contributed by atoms with Gasteiger partial charge in [-0.15, -0.1) is 0 Å². The zero-order valence-corrected chi connectivity index (χ0v) is 11.7. The van der Waals surface area contributed by atoms with Crippen LogP contribution in [0.2, 0.25) is 0 Å². The second-order valence-corrected chi connectivity index (χ2v) is 4.76. The SMILES string of the molecule is CCN1C(=O)C(CC)(CC)C(=O)N1c1ccccc1. The quantitative estimate of drug-likeness (QED) is 0.781. The molecule has 0 bridgehead atoms. The first-order valence-electron chi connectivity index (χ1n) is 6.83. The molecule has 1 saturated heterocycles. The van der Waals surface area contributed by atoms with Crippen LogP contribution in [0, 0.1) is 5.41 Å². The summed E-state index contributed by atoms with van der Waals surface area (Å²) in [6.07, 6.45) is 1.09. The lowest BCUT2D eigenvalue weighted by Crippen LogP contribution is -2.40. The lowest BCUT2D eigenvalue weighted by molar-refractivity contribution is -0.139. The third-order valence-corrected chi connectivity index (χ3v) is 3.99. The predicted molar refractivity (Wildman–Crippen MR) is 74.3 cm³/mol. The molecule has 0 unspecified atom stereocenters. The van der Waals surface area contributed by atoms with Crippen molar-refractivity contribution < 1.29 is 9.59 Å². The van der Waals surface area contributed by atoms with Crippen LogP contribution < -0.4 is 5.01 Å². The van der Waals surface area contributed by atoms with Gasteiger partial charge in [-0.1, -0.05) is 32.0 Å². The Hall–Kier alpha value is -1.84. The van der Waals surface area contributed by atoms with E-state index in [9.17, 15) is 9.59 Å². The van der Waals surface area contributed by atoms with Crippen molar-refractivity contribution in [2.45, 2.75) is 33.6 Å². The summed E-state index contributed by atoms with van der Waals surface area (Å²) in [5.74, 6) is -0.176. The molecular weight excluding hydrogens is 240 g/mol. The van der Waals surface area contributed by atoms with Crippen LogP contribution in [0.15, 0.2) is 30.3 Å². The Labute approximate surface area is 114 Å². The van der Waals surface area contributed by atoms with Crippen LogP contribution >= 0.6 is 0 Å². The molecule has 0 aliphatic carbocycles. The van der Waals surface area contributed by atoms with E-state index in [1.165, 1.54) is 5.01 Å². The van der Waals surface area contributed by atoms with Gasteiger partial charge in [0.1, 0.15) is 5.41 Å². The van der Waals surface area contributed by atoms with Crippen molar-refractivity contribution in [3.63, 3.8) is 0 Å². The summed E-state index contributed by atoms with van der Waals surface area (Å²) in [6, 6.07) is 9.36. The molecular formula is C15H20N2O2. The van der Waals surface area contributed by atoms with Gasteiger partial charge in [-0.3, -0.25) is 9.59 Å². The Morgan fingerprint density at radius 3 is 2.00 bits per heavy atom. The van der Waals surface area contributed by atoms with Gasteiger partial charge in [-0.25, -0.2) is 10.0 Å². The molecule has 4 heteroatoms. The van der Waals surface area contributed by atoms with Crippen molar-refractivity contribution in [1.29, 1.82) is 0 Å². The van der Waals surface area contributed by atoms with E-state index in [4.69, 9.17) is 0 Å². The number of hydrazine groups is 1. The molecule has 1 aliphatic rings. The highest BCUT2D eigenvalue weighted by Crippen LogP contribution is 2.40. The molecule has 1 aromatic rings. The van der Waals surface area contributed by atoms with Gasteiger partial charge in [0.15, 0.2) is 0 Å². The summed E-state index contributed by atoms with van der Waals surface area (Å²) >= 11 is 0. The number of carbonyl (C=O) groups is 2. The van der Waals surface area contributed by atoms with E-state index in [0.717, 1.165) is 5.69 Å². The van der Waals surface area contributed by atoms with Gasteiger partial charge in [0, 0.05) is 6.54 Å². The standard InChI is InChI=1S/C15H20N2O2/c1-4-15(5-2)13(18)16(6-3)17(14(15)19)12-10-8-7-9-11-12/h7-11H,4-6H2,1-3H3. The van der Waals surface area contributed by atoms with Crippen molar-refractivity contribution in [2.75, 3.05) is 11.6 Å². The number of para-hydroxylation sites is 1. The molecule has 1 aromatic carbocycles. The maximum Gasteiger partial charge on any atom is 0.261 e. The molecule has 2 amide bonds. The number of amides is 2. The average Bonchev–Trinajstić information content (AvgIpc) is 2.67. The minimum Gasteiger partial charge on any atom is -0.272 e. The largest absolute Gasteiger partial charge is 0.272 e. The number of hydrogen-bond acceptors (Lipinski definition) is 2. The third-order valence-electron chi connectivity index (χ3n) is 3.99. The highest BCUT2D eigenvalue weighted by Gasteiger charge is 2.55. The minimum absolute atomic E-state index is 0.0751. The molecule has 0 radical (unpaired) electrons. The van der Waals surface area contributed by atoms with Crippen LogP contribution in [0.3, 0.4) is 0 Å². The molecule has 19 heavy (non-hydrogen) atoms. The summed E-state index contributed by atoms with van der Waals surface area (Å²) < 4.78 is 0. The van der Waals surface area contributed by atoms with E-state index in [2.05, 4.69) is 0 Å². The fourth-order valence-corrected chi connectivity index (χ4v) is 2.71. The van der Waals surface area contributed by atoms with E-state index in [0.29, 0.717) is 19.4 Å². The molecule has 0 aromatic heterocycles. The van der Waals surface area contributed by atoms with Crippen molar-refractivity contribution in [2.24, 2.45) is 5.41 Å². The van der Waals surface area contributed by atoms with Gasteiger partial charge < -0.3 is 0 Å². The number of carbonyl (C=O) groups excluding carboxylic acids is 2. The van der Waals surface area contributed by atoms with Gasteiger partial charge >= 0.3 is 0 Å². The van der Waals surface area contributed by atoms with Crippen LogP contribution in [0.1, 0.15) is 33.6 Å². The fourth-order valence-electron chi connectivity index (χ4n) is 2.71. The van der Waals surface area contributed by atoms with Crippen LogP contribution in [-0.2, 0) is 9.59 Å². The second kappa shape index (κ2) is 5.03. The van der Waals surface area contributed by atoms with Gasteiger partial charge in [0.05, 0.1) is 5.69 Å². The number of benzene rings is 1. The maximum atomic E-state index is 12.7. The van der Waals surface area contributed by atoms with Crippen molar-refractivity contribution in [3.8, 4) is 0 Å². The summed E-state index contributed by atoms with van der Waals surface area (Å²) in [5.41, 5.74) is -0.127. The average molecular weight is 260 g/mol. The van der Waals surface area contributed by atoms with Gasteiger partial charge in [-0.05, 0) is 31.9 Å². The van der Waals surface area contributed by atoms with E-state index < -0.39 is 5.41 Å². The highest BCUT2D eigenvalue weighted by molar-refractivity contribution is 6.17. The molecule has 1 aliphatic heterocycles. The van der Waals surface area contributed by atoms with Crippen LogP contribution in [0.25, 0.3) is 0 Å². The molecule has 0 saturated carbocycles. The number of rotatable bonds is 4. The first kappa shape index (κ1) is 13.6. The van der Waals surface area contributed by atoms with E-state index in [-0.39, 0.29) is 11.8 Å². The molecule has 4 nitrogen and oxygen atoms in total. The fraction of sp³-hybridized carbons (Fsp3) is 0.467. The van der Waals surface area contributed by atoms with Gasteiger partial charge in [0.25, 0.3) is 11.8 Å². The first-order valence-corrected chi connectivity index (χ1v) is 6.83. The molecule has 2 rings (SSSR count). The smallest absolute Gasteiger partial charge is 0.261 e. The lowest BCUT2D eigenvalue weighted by Gasteiger charge is -2.26. The van der Waals surface area contributed by atoms with Crippen LogP contribution in [-0.4, -0.2) is 23.4 Å². The number of anilines is 1. The lowest BCUT2D eigenvalue weighted by atomic mass is 9.81. The minimum atomic E-state index is -0.883. The summed E-state index contributed by atoms with van der Waals surface area (Å²) in [4.78, 5) is 25.3. The van der Waals surface area contributed by atoms with Crippen molar-refractivity contribution in [3.05, 3.63) is 30.3 Å². The number of hydrogen-bond donors (Lipinski definition) is 0. The summed E-state index contributed by atoms with van der Waals surface area (Å²) in [5, 5.41) is 3.10. The third kappa shape index (κ3) is 1.82. The van der Waals surface area contributed by atoms with Gasteiger partial charge in [-0.2, -0.15) is 0 Å². The topological polar surface area (TPSA) is 40.6 Å². The molecule has 102 valence electrons. The molecule has 1 fully saturated rings. The molecule has 0 atom stereocenters.